The summed E-state index contributed by atoms with van der Waals surface area (Å²) in [5.41, 5.74) is 2.05. The molecule has 3 rings (SSSR count). The Kier molecular flexibility index (Phi) is 5.86. The zero-order valence-electron chi connectivity index (χ0n) is 16.1. The van der Waals surface area contributed by atoms with Crippen LogP contribution in [-0.2, 0) is 21.2 Å². The maximum atomic E-state index is 12.8. The Bertz CT molecular complexity index is 1090. The van der Waals surface area contributed by atoms with Crippen molar-refractivity contribution in [1.82, 2.24) is 4.72 Å². The first-order valence-electron chi connectivity index (χ1n) is 9.08. The molecule has 0 radical (unpaired) electrons. The summed E-state index contributed by atoms with van der Waals surface area (Å²) in [4.78, 5) is 12.1. The van der Waals surface area contributed by atoms with Gasteiger partial charge in [-0.25, -0.2) is 17.9 Å². The number of hydrogen-bond acceptors (Lipinski definition) is 5. The molecule has 28 heavy (non-hydrogen) atoms. The van der Waals surface area contributed by atoms with E-state index in [2.05, 4.69) is 4.72 Å². The molecule has 1 N–H and O–H groups in total. The summed E-state index contributed by atoms with van der Waals surface area (Å²) >= 11 is 0. The molecule has 6 nitrogen and oxygen atoms in total. The number of benzene rings is 2. The first kappa shape index (κ1) is 20.1. The Morgan fingerprint density at radius 3 is 2.57 bits per heavy atom. The number of fused-ring (bicyclic) bond motifs is 1. The maximum absolute atomic E-state index is 12.8. The Morgan fingerprint density at radius 1 is 1.18 bits per heavy atom. The third-order valence-corrected chi connectivity index (χ3v) is 6.01. The average Bonchev–Trinajstić information content (AvgIpc) is 2.98. The van der Waals surface area contributed by atoms with Gasteiger partial charge in [0.15, 0.2) is 0 Å². The van der Waals surface area contributed by atoms with Gasteiger partial charge in [0.05, 0.1) is 11.5 Å². The molecule has 2 aromatic carbocycles. The first-order valence-corrected chi connectivity index (χ1v) is 10.6. The number of rotatable bonds is 7. The molecule has 1 heterocycles. The summed E-state index contributed by atoms with van der Waals surface area (Å²) in [6, 6.07) is 14.0. The smallest absolute Gasteiger partial charge is 0.374 e. The predicted molar refractivity (Wildman–Crippen MR) is 107 cm³/mol. The highest BCUT2D eigenvalue weighted by Gasteiger charge is 2.22. The monoisotopic (exact) mass is 401 g/mol. The van der Waals surface area contributed by atoms with Crippen molar-refractivity contribution in [1.29, 1.82) is 0 Å². The highest BCUT2D eigenvalue weighted by atomic mass is 32.2. The second kappa shape index (κ2) is 8.16. The molecule has 0 aliphatic rings. The first-order chi connectivity index (χ1) is 13.3. The van der Waals surface area contributed by atoms with Gasteiger partial charge in [-0.2, -0.15) is 0 Å². The zero-order chi connectivity index (χ0) is 20.3. The predicted octanol–water partition coefficient (Wildman–Crippen LogP) is 3.83. The summed E-state index contributed by atoms with van der Waals surface area (Å²) in [6.45, 7) is 5.48. The summed E-state index contributed by atoms with van der Waals surface area (Å²) < 4.78 is 38.8. The van der Waals surface area contributed by atoms with E-state index in [1.54, 1.807) is 19.9 Å². The van der Waals surface area contributed by atoms with Crippen LogP contribution in [0.4, 0.5) is 0 Å². The fourth-order valence-corrected chi connectivity index (χ4v) is 4.37. The highest BCUT2D eigenvalue weighted by Crippen LogP contribution is 2.28. The van der Waals surface area contributed by atoms with Crippen LogP contribution in [0.25, 0.3) is 11.0 Å². The molecule has 0 saturated carbocycles. The fourth-order valence-electron chi connectivity index (χ4n) is 3.10. The molecule has 0 fully saturated rings. The van der Waals surface area contributed by atoms with E-state index in [1.807, 2.05) is 37.3 Å². The topological polar surface area (TPSA) is 85.6 Å². The minimum Gasteiger partial charge on any atom is -0.460 e. The molecule has 0 aliphatic heterocycles. The van der Waals surface area contributed by atoms with Crippen molar-refractivity contribution in [2.24, 2.45) is 0 Å². The van der Waals surface area contributed by atoms with Crippen LogP contribution in [0.1, 0.15) is 35.5 Å². The van der Waals surface area contributed by atoms with Gasteiger partial charge in [-0.15, -0.1) is 0 Å². The van der Waals surface area contributed by atoms with E-state index >= 15 is 0 Å². The second-order valence-electron chi connectivity index (χ2n) is 6.65. The van der Waals surface area contributed by atoms with Crippen LogP contribution in [0.3, 0.4) is 0 Å². The van der Waals surface area contributed by atoms with Gasteiger partial charge in [0, 0.05) is 17.0 Å². The Labute approximate surface area is 164 Å². The molecule has 0 saturated heterocycles. The average molecular weight is 401 g/mol. The van der Waals surface area contributed by atoms with Crippen LogP contribution in [0.5, 0.6) is 0 Å². The van der Waals surface area contributed by atoms with Crippen LogP contribution in [-0.4, -0.2) is 27.0 Å². The van der Waals surface area contributed by atoms with Crippen molar-refractivity contribution < 1.29 is 22.4 Å². The van der Waals surface area contributed by atoms with Crippen molar-refractivity contribution in [3.8, 4) is 0 Å². The summed E-state index contributed by atoms with van der Waals surface area (Å²) in [6.07, 6.45) is 0.583. The second-order valence-corrected chi connectivity index (χ2v) is 8.36. The molecule has 0 spiro atoms. The van der Waals surface area contributed by atoms with Gasteiger partial charge in [-0.3, -0.25) is 0 Å². The van der Waals surface area contributed by atoms with Crippen molar-refractivity contribution in [2.45, 2.75) is 38.1 Å². The van der Waals surface area contributed by atoms with E-state index in [0.717, 1.165) is 5.56 Å². The number of ether oxygens (including phenoxy) is 1. The lowest BCUT2D eigenvalue weighted by Crippen LogP contribution is -2.34. The lowest BCUT2D eigenvalue weighted by molar-refractivity contribution is 0.0491. The Hall–Kier alpha value is -2.64. The standard InChI is InChI=1S/C21H23NO5S/c1-4-26-21(23)20-15(3)18-13-17(10-11-19(18)27-20)28(24,25)22-14(2)12-16-8-6-5-7-9-16/h5-11,13-14,22H,4,12H2,1-3H3. The van der Waals surface area contributed by atoms with Crippen molar-refractivity contribution >= 4 is 27.0 Å². The number of hydrogen-bond donors (Lipinski definition) is 1. The van der Waals surface area contributed by atoms with E-state index in [9.17, 15) is 13.2 Å². The Morgan fingerprint density at radius 2 is 1.89 bits per heavy atom. The maximum Gasteiger partial charge on any atom is 0.374 e. The van der Waals surface area contributed by atoms with Crippen LogP contribution < -0.4 is 4.72 Å². The van der Waals surface area contributed by atoms with Gasteiger partial charge in [0.25, 0.3) is 0 Å². The quantitative estimate of drug-likeness (QED) is 0.608. The lowest BCUT2D eigenvalue weighted by atomic mass is 10.1. The van der Waals surface area contributed by atoms with Crippen molar-refractivity contribution in [3.05, 3.63) is 65.4 Å². The molecule has 148 valence electrons. The van der Waals surface area contributed by atoms with Crippen LogP contribution in [0.2, 0.25) is 0 Å². The highest BCUT2D eigenvalue weighted by molar-refractivity contribution is 7.89. The molecule has 0 bridgehead atoms. The third kappa shape index (κ3) is 4.26. The number of furan rings is 1. The van der Waals surface area contributed by atoms with Gasteiger partial charge in [0.1, 0.15) is 5.58 Å². The minimum atomic E-state index is -3.72. The number of esters is 1. The molecule has 0 aliphatic carbocycles. The number of aryl methyl sites for hydroxylation is 1. The normalized spacial score (nSPS) is 12.8. The molecule has 1 unspecified atom stereocenters. The summed E-state index contributed by atoms with van der Waals surface area (Å²) in [5, 5.41) is 0.571. The number of carbonyl (C=O) groups is 1. The van der Waals surface area contributed by atoms with Crippen LogP contribution in [0, 0.1) is 6.92 Å². The fraction of sp³-hybridized carbons (Fsp3) is 0.286. The SMILES string of the molecule is CCOC(=O)c1oc2ccc(S(=O)(=O)NC(C)Cc3ccccc3)cc2c1C. The summed E-state index contributed by atoms with van der Waals surface area (Å²) in [7, 11) is -3.72. The Balaban J connectivity index is 1.85. The van der Waals surface area contributed by atoms with Gasteiger partial charge in [-0.1, -0.05) is 30.3 Å². The van der Waals surface area contributed by atoms with Gasteiger partial charge >= 0.3 is 5.97 Å². The van der Waals surface area contributed by atoms with Gasteiger partial charge in [-0.05, 0) is 51.0 Å². The van der Waals surface area contributed by atoms with Crippen LogP contribution >= 0.6 is 0 Å². The number of sulfonamides is 1. The van der Waals surface area contributed by atoms with E-state index < -0.39 is 16.0 Å². The minimum absolute atomic E-state index is 0.0943. The third-order valence-electron chi connectivity index (χ3n) is 4.42. The number of carbonyl (C=O) groups excluding carboxylic acids is 1. The van der Waals surface area contributed by atoms with Gasteiger partial charge < -0.3 is 9.15 Å². The molecule has 3 aromatic rings. The van der Waals surface area contributed by atoms with E-state index in [-0.39, 0.29) is 23.3 Å². The van der Waals surface area contributed by atoms with Crippen LogP contribution in [0.15, 0.2) is 57.8 Å². The molecule has 7 heteroatoms. The lowest BCUT2D eigenvalue weighted by Gasteiger charge is -2.14. The molecular formula is C21H23NO5S. The van der Waals surface area contributed by atoms with Gasteiger partial charge in [0.2, 0.25) is 15.8 Å². The summed E-state index contributed by atoms with van der Waals surface area (Å²) in [5.74, 6) is -0.466. The zero-order valence-corrected chi connectivity index (χ0v) is 16.9. The van der Waals surface area contributed by atoms with E-state index in [1.165, 1.54) is 12.1 Å². The number of nitrogens with one attached hydrogen (secondary N) is 1. The largest absolute Gasteiger partial charge is 0.460 e. The van der Waals surface area contributed by atoms with Crippen molar-refractivity contribution in [3.63, 3.8) is 0 Å². The van der Waals surface area contributed by atoms with Crippen molar-refractivity contribution in [2.75, 3.05) is 6.61 Å². The molecule has 0 amide bonds. The molecular weight excluding hydrogens is 378 g/mol. The molecule has 1 atom stereocenters. The van der Waals surface area contributed by atoms with E-state index in [4.69, 9.17) is 9.15 Å². The molecule has 1 aromatic heterocycles. The van der Waals surface area contributed by atoms with E-state index in [0.29, 0.717) is 23.0 Å².